The molecule has 0 spiro atoms. The Morgan fingerprint density at radius 2 is 2.50 bits per heavy atom. The van der Waals surface area contributed by atoms with Gasteiger partial charge >= 0.3 is 0 Å². The number of amides is 1. The van der Waals surface area contributed by atoms with Crippen molar-refractivity contribution in [3.8, 4) is 0 Å². The van der Waals surface area contributed by atoms with Crippen molar-refractivity contribution in [2.75, 3.05) is 12.0 Å². The first-order valence-electron chi connectivity index (χ1n) is 2.29. The van der Waals surface area contributed by atoms with Crippen LogP contribution in [0.15, 0.2) is 0 Å². The van der Waals surface area contributed by atoms with Crippen molar-refractivity contribution < 1.29 is 4.79 Å². The Morgan fingerprint density at radius 1 is 1.88 bits per heavy atom. The fourth-order valence-corrected chi connectivity index (χ4v) is 0.656. The molecular weight excluding hydrogens is 124 g/mol. The van der Waals surface area contributed by atoms with Crippen LogP contribution in [0.25, 0.3) is 0 Å². The maximum absolute atomic E-state index is 10.3. The van der Waals surface area contributed by atoms with Gasteiger partial charge < -0.3 is 0 Å². The minimum Gasteiger partial charge on any atom is -0.294 e. The van der Waals surface area contributed by atoms with Crippen LogP contribution in [-0.2, 0) is 4.79 Å². The van der Waals surface area contributed by atoms with Gasteiger partial charge in [0.15, 0.2) is 0 Å². The van der Waals surface area contributed by atoms with E-state index in [0.29, 0.717) is 6.42 Å². The number of thioether (sulfide) groups is 1. The second-order valence-electron chi connectivity index (χ2n) is 1.31. The molecular formula is C4H10N2OS. The number of carbonyl (C=O) groups is 1. The second-order valence-corrected chi connectivity index (χ2v) is 2.30. The zero-order valence-corrected chi connectivity index (χ0v) is 5.62. The summed E-state index contributed by atoms with van der Waals surface area (Å²) >= 11 is 1.63. The molecule has 0 saturated carbocycles. The first-order valence-corrected chi connectivity index (χ1v) is 3.69. The average Bonchev–Trinajstić information content (AvgIpc) is 1.83. The Labute approximate surface area is 53.0 Å². The normalized spacial score (nSPS) is 8.75. The third-order valence-electron chi connectivity index (χ3n) is 0.694. The average molecular weight is 134 g/mol. The van der Waals surface area contributed by atoms with Crippen molar-refractivity contribution in [1.82, 2.24) is 5.43 Å². The first kappa shape index (κ1) is 7.78. The van der Waals surface area contributed by atoms with Gasteiger partial charge in [-0.25, -0.2) is 5.84 Å². The van der Waals surface area contributed by atoms with Gasteiger partial charge in [-0.15, -0.1) is 0 Å². The number of hydrazine groups is 1. The molecule has 3 nitrogen and oxygen atoms in total. The maximum Gasteiger partial charge on any atom is 0.234 e. The molecule has 0 aromatic heterocycles. The molecule has 0 unspecified atom stereocenters. The highest BCUT2D eigenvalue weighted by Crippen LogP contribution is 1.93. The molecule has 0 fully saturated rings. The summed E-state index contributed by atoms with van der Waals surface area (Å²) in [7, 11) is 0. The van der Waals surface area contributed by atoms with Crippen LogP contribution in [0.1, 0.15) is 6.42 Å². The van der Waals surface area contributed by atoms with Crippen LogP contribution in [0.3, 0.4) is 0 Å². The smallest absolute Gasteiger partial charge is 0.234 e. The zero-order valence-electron chi connectivity index (χ0n) is 4.81. The number of rotatable bonds is 3. The summed E-state index contributed by atoms with van der Waals surface area (Å²) in [6, 6.07) is 0. The monoisotopic (exact) mass is 134 g/mol. The molecule has 8 heavy (non-hydrogen) atoms. The molecule has 0 rings (SSSR count). The lowest BCUT2D eigenvalue weighted by molar-refractivity contribution is -0.120. The Morgan fingerprint density at radius 3 is 2.88 bits per heavy atom. The lowest BCUT2D eigenvalue weighted by atomic mass is 10.5. The topological polar surface area (TPSA) is 55.1 Å². The molecule has 1 amide bonds. The molecule has 0 aliphatic carbocycles. The van der Waals surface area contributed by atoms with Crippen molar-refractivity contribution in [1.29, 1.82) is 0 Å². The van der Waals surface area contributed by atoms with Gasteiger partial charge in [-0.1, -0.05) is 0 Å². The quantitative estimate of drug-likeness (QED) is 0.317. The lowest BCUT2D eigenvalue weighted by Crippen LogP contribution is -2.30. The van der Waals surface area contributed by atoms with E-state index in [1.165, 1.54) is 0 Å². The first-order chi connectivity index (χ1) is 3.81. The number of nitrogens with one attached hydrogen (secondary N) is 1. The zero-order chi connectivity index (χ0) is 6.41. The Kier molecular flexibility index (Phi) is 4.79. The van der Waals surface area contributed by atoms with Crippen LogP contribution in [0.2, 0.25) is 0 Å². The minimum atomic E-state index is -0.0978. The third-order valence-corrected chi connectivity index (χ3v) is 1.31. The Balaban J connectivity index is 2.99. The number of hydrogen-bond acceptors (Lipinski definition) is 3. The summed E-state index contributed by atoms with van der Waals surface area (Å²) in [6.45, 7) is 0. The lowest BCUT2D eigenvalue weighted by Gasteiger charge is -1.93. The van der Waals surface area contributed by atoms with Gasteiger partial charge in [0.1, 0.15) is 0 Å². The molecule has 0 radical (unpaired) electrons. The van der Waals surface area contributed by atoms with E-state index in [1.54, 1.807) is 11.8 Å². The number of hydrogen-bond donors (Lipinski definition) is 2. The van der Waals surface area contributed by atoms with E-state index in [9.17, 15) is 4.79 Å². The standard InChI is InChI=1S/C4H10N2OS/c1-8-3-2-4(7)6-5/h2-3,5H2,1H3,(H,6,7). The van der Waals surface area contributed by atoms with E-state index in [4.69, 9.17) is 5.84 Å². The van der Waals surface area contributed by atoms with Crippen molar-refractivity contribution in [3.63, 3.8) is 0 Å². The van der Waals surface area contributed by atoms with Crippen molar-refractivity contribution in [2.24, 2.45) is 5.84 Å². The van der Waals surface area contributed by atoms with Gasteiger partial charge in [0, 0.05) is 12.2 Å². The molecule has 0 atom stereocenters. The van der Waals surface area contributed by atoms with Crippen LogP contribution >= 0.6 is 11.8 Å². The minimum absolute atomic E-state index is 0.0978. The summed E-state index contributed by atoms with van der Waals surface area (Å²) in [5, 5.41) is 0. The molecule has 0 saturated heterocycles. The van der Waals surface area contributed by atoms with Crippen LogP contribution in [0.5, 0.6) is 0 Å². The molecule has 0 aromatic rings. The summed E-state index contributed by atoms with van der Waals surface area (Å²) in [5.41, 5.74) is 2.05. The predicted octanol–water partition coefficient (Wildman–Crippen LogP) is -0.271. The van der Waals surface area contributed by atoms with Gasteiger partial charge in [-0.05, 0) is 6.26 Å². The van der Waals surface area contributed by atoms with Gasteiger partial charge in [0.25, 0.3) is 0 Å². The largest absolute Gasteiger partial charge is 0.294 e. The van der Waals surface area contributed by atoms with Crippen molar-refractivity contribution in [3.05, 3.63) is 0 Å². The summed E-state index contributed by atoms with van der Waals surface area (Å²) < 4.78 is 0. The van der Waals surface area contributed by atoms with Crippen LogP contribution in [-0.4, -0.2) is 17.9 Å². The van der Waals surface area contributed by atoms with E-state index in [2.05, 4.69) is 0 Å². The molecule has 48 valence electrons. The van der Waals surface area contributed by atoms with Crippen molar-refractivity contribution in [2.45, 2.75) is 6.42 Å². The van der Waals surface area contributed by atoms with Gasteiger partial charge in [0.2, 0.25) is 5.91 Å². The van der Waals surface area contributed by atoms with E-state index >= 15 is 0 Å². The fraction of sp³-hybridized carbons (Fsp3) is 0.750. The molecule has 3 N–H and O–H groups in total. The molecule has 0 aliphatic rings. The van der Waals surface area contributed by atoms with Crippen molar-refractivity contribution >= 4 is 17.7 Å². The molecule has 4 heteroatoms. The highest BCUT2D eigenvalue weighted by molar-refractivity contribution is 7.98. The maximum atomic E-state index is 10.3. The SMILES string of the molecule is CSCCC(=O)NN. The van der Waals surface area contributed by atoms with Gasteiger partial charge in [-0.3, -0.25) is 10.2 Å². The Bertz CT molecular complexity index is 76.4. The highest BCUT2D eigenvalue weighted by atomic mass is 32.2. The molecule has 0 bridgehead atoms. The van der Waals surface area contributed by atoms with Crippen LogP contribution < -0.4 is 11.3 Å². The van der Waals surface area contributed by atoms with Crippen LogP contribution in [0.4, 0.5) is 0 Å². The third kappa shape index (κ3) is 3.95. The van der Waals surface area contributed by atoms with Gasteiger partial charge in [-0.2, -0.15) is 11.8 Å². The summed E-state index contributed by atoms with van der Waals surface area (Å²) in [5.74, 6) is 5.54. The van der Waals surface area contributed by atoms with Gasteiger partial charge in [0.05, 0.1) is 0 Å². The summed E-state index contributed by atoms with van der Waals surface area (Å²) in [6.07, 6.45) is 2.46. The number of carbonyl (C=O) groups excluding carboxylic acids is 1. The van der Waals surface area contributed by atoms with E-state index in [0.717, 1.165) is 5.75 Å². The predicted molar refractivity (Wildman–Crippen MR) is 35.3 cm³/mol. The van der Waals surface area contributed by atoms with E-state index in [1.807, 2.05) is 11.7 Å². The fourth-order valence-electron chi connectivity index (χ4n) is 0.267. The number of nitrogens with two attached hydrogens (primary N) is 1. The molecule has 0 aromatic carbocycles. The molecule has 0 aliphatic heterocycles. The second kappa shape index (κ2) is 4.93. The van der Waals surface area contributed by atoms with E-state index in [-0.39, 0.29) is 5.91 Å². The molecule has 0 heterocycles. The van der Waals surface area contributed by atoms with Crippen LogP contribution in [0, 0.1) is 0 Å². The van der Waals surface area contributed by atoms with E-state index < -0.39 is 0 Å². The Hall–Kier alpha value is -0.220. The highest BCUT2D eigenvalue weighted by Gasteiger charge is 1.93. The summed E-state index contributed by atoms with van der Waals surface area (Å²) in [4.78, 5) is 10.3.